The quantitative estimate of drug-likeness (QED) is 0.776. The summed E-state index contributed by atoms with van der Waals surface area (Å²) >= 11 is 0. The second-order valence-corrected chi connectivity index (χ2v) is 8.68. The van der Waals surface area contributed by atoms with Gasteiger partial charge in [0.1, 0.15) is 5.76 Å². The number of aromatic nitrogens is 1. The number of nitrogens with one attached hydrogen (secondary N) is 1. The molecule has 2 amide bonds. The van der Waals surface area contributed by atoms with E-state index in [0.717, 1.165) is 11.1 Å². The monoisotopic (exact) mass is 447 g/mol. The third-order valence-corrected chi connectivity index (χ3v) is 5.66. The summed E-state index contributed by atoms with van der Waals surface area (Å²) in [5.41, 5.74) is -5.09. The molecule has 1 N–H and O–H groups in total. The van der Waals surface area contributed by atoms with Crippen LogP contribution in [0, 0.1) is 5.41 Å². The minimum absolute atomic E-state index is 0.0449. The van der Waals surface area contributed by atoms with E-state index in [4.69, 9.17) is 4.42 Å². The second kappa shape index (κ2) is 7.32. The molecule has 0 bridgehead atoms. The van der Waals surface area contributed by atoms with E-state index in [2.05, 4.69) is 4.98 Å². The first-order chi connectivity index (χ1) is 15.0. The number of rotatable bonds is 4. The minimum Gasteiger partial charge on any atom is -0.467 e. The van der Waals surface area contributed by atoms with Gasteiger partial charge in [-0.3, -0.25) is 19.4 Å². The van der Waals surface area contributed by atoms with Gasteiger partial charge in [-0.25, -0.2) is 0 Å². The molecule has 10 heteroatoms. The van der Waals surface area contributed by atoms with Crippen molar-refractivity contribution in [3.05, 3.63) is 65.5 Å². The van der Waals surface area contributed by atoms with Crippen molar-refractivity contribution >= 4 is 17.6 Å². The first kappa shape index (κ1) is 21.8. The zero-order chi connectivity index (χ0) is 23.3. The summed E-state index contributed by atoms with van der Waals surface area (Å²) < 4.78 is 49.2. The van der Waals surface area contributed by atoms with Crippen LogP contribution >= 0.6 is 0 Å². The van der Waals surface area contributed by atoms with Crippen molar-refractivity contribution in [3.8, 4) is 0 Å². The Labute approximate surface area is 181 Å². The van der Waals surface area contributed by atoms with Crippen molar-refractivity contribution < 1.29 is 32.0 Å². The van der Waals surface area contributed by atoms with Crippen LogP contribution in [-0.2, 0) is 16.1 Å². The lowest BCUT2D eigenvalue weighted by molar-refractivity contribution is -0.191. The highest BCUT2D eigenvalue weighted by Gasteiger charge is 2.71. The van der Waals surface area contributed by atoms with E-state index in [0.29, 0.717) is 0 Å². The maximum absolute atomic E-state index is 14.6. The van der Waals surface area contributed by atoms with Gasteiger partial charge in [-0.15, -0.1) is 0 Å². The first-order valence-electron chi connectivity index (χ1n) is 9.87. The van der Waals surface area contributed by atoms with Crippen LogP contribution in [0.3, 0.4) is 0 Å². The molecule has 3 heterocycles. The van der Waals surface area contributed by atoms with E-state index in [1.165, 1.54) is 30.7 Å². The van der Waals surface area contributed by atoms with Gasteiger partial charge in [0.15, 0.2) is 5.78 Å². The van der Waals surface area contributed by atoms with Gasteiger partial charge in [-0.2, -0.15) is 13.2 Å². The summed E-state index contributed by atoms with van der Waals surface area (Å²) in [5, 5.41) is 1.86. The number of ketones is 1. The number of allylic oxidation sites excluding steroid dienone is 1. The van der Waals surface area contributed by atoms with Gasteiger partial charge in [-0.1, -0.05) is 13.8 Å². The molecule has 2 aliphatic rings. The third-order valence-electron chi connectivity index (χ3n) is 5.66. The predicted molar refractivity (Wildman–Crippen MR) is 105 cm³/mol. The molecule has 0 saturated carbocycles. The van der Waals surface area contributed by atoms with Crippen LogP contribution in [0.5, 0.6) is 0 Å². The molecule has 168 valence electrons. The molecule has 7 nitrogen and oxygen atoms in total. The molecule has 0 spiro atoms. The fraction of sp³-hybridized carbons (Fsp3) is 0.364. The van der Waals surface area contributed by atoms with Crippen LogP contribution in [0.1, 0.15) is 42.8 Å². The highest BCUT2D eigenvalue weighted by atomic mass is 19.4. The molecule has 0 fully saturated rings. The Hall–Kier alpha value is -3.43. The van der Waals surface area contributed by atoms with Gasteiger partial charge in [-0.05, 0) is 36.1 Å². The van der Waals surface area contributed by atoms with E-state index in [1.807, 2.05) is 5.32 Å². The van der Waals surface area contributed by atoms with Crippen molar-refractivity contribution in [3.63, 3.8) is 0 Å². The molecule has 0 aromatic carbocycles. The second-order valence-electron chi connectivity index (χ2n) is 8.68. The number of hydrogen-bond acceptors (Lipinski definition) is 5. The molecule has 0 radical (unpaired) electrons. The standard InChI is InChI=1S/C22H20F3N3O4/c1-20(2)9-15-17(16(29)10-20)21(22(23,24)25,27-18(30)13-5-3-7-26-11-13)19(31)28(15)12-14-6-4-8-32-14/h3-8,11H,9-10,12H2,1-2H3,(H,27,30)/t21-/m1/s1. The van der Waals surface area contributed by atoms with Gasteiger partial charge in [0.25, 0.3) is 11.8 Å². The summed E-state index contributed by atoms with van der Waals surface area (Å²) in [5.74, 6) is -3.17. The molecular weight excluding hydrogens is 427 g/mol. The first-order valence-corrected chi connectivity index (χ1v) is 9.87. The number of nitrogens with zero attached hydrogens (tertiary/aromatic N) is 2. The normalized spacial score (nSPS) is 22.8. The van der Waals surface area contributed by atoms with Gasteiger partial charge in [0.2, 0.25) is 5.54 Å². The molecule has 2 aromatic rings. The molecule has 2 aromatic heterocycles. The van der Waals surface area contributed by atoms with Crippen LogP contribution < -0.4 is 5.32 Å². The largest absolute Gasteiger partial charge is 0.467 e. The molecule has 32 heavy (non-hydrogen) atoms. The number of pyridine rings is 1. The Balaban J connectivity index is 1.88. The van der Waals surface area contributed by atoms with Crippen LogP contribution in [0.2, 0.25) is 0 Å². The SMILES string of the molecule is CC1(C)CC(=O)C2=C(C1)N(Cc1ccco1)C(=O)[C@@]2(NC(=O)c1cccnc1)C(F)(F)F. The van der Waals surface area contributed by atoms with Crippen LogP contribution in [-0.4, -0.2) is 39.2 Å². The smallest absolute Gasteiger partial charge is 0.425 e. The summed E-state index contributed by atoms with van der Waals surface area (Å²) in [4.78, 5) is 43.9. The third kappa shape index (κ3) is 3.39. The summed E-state index contributed by atoms with van der Waals surface area (Å²) in [7, 11) is 0. The minimum atomic E-state index is -5.27. The Morgan fingerprint density at radius 2 is 1.97 bits per heavy atom. The average molecular weight is 447 g/mol. The fourth-order valence-corrected chi connectivity index (χ4v) is 4.29. The predicted octanol–water partition coefficient (Wildman–Crippen LogP) is 3.39. The number of carbonyl (C=O) groups excluding carboxylic acids is 3. The van der Waals surface area contributed by atoms with Gasteiger partial charge < -0.3 is 14.6 Å². The molecule has 0 saturated heterocycles. The van der Waals surface area contributed by atoms with Crippen molar-refractivity contribution in [2.75, 3.05) is 0 Å². The number of alkyl halides is 3. The molecule has 1 aliphatic heterocycles. The lowest BCUT2D eigenvalue weighted by Gasteiger charge is -2.35. The molecular formula is C22H20F3N3O4. The van der Waals surface area contributed by atoms with E-state index >= 15 is 0 Å². The van der Waals surface area contributed by atoms with Crippen molar-refractivity contribution in [1.82, 2.24) is 15.2 Å². The number of amides is 2. The van der Waals surface area contributed by atoms with Crippen molar-refractivity contribution in [2.24, 2.45) is 5.41 Å². The highest BCUT2D eigenvalue weighted by molar-refractivity contribution is 6.14. The van der Waals surface area contributed by atoms with E-state index in [9.17, 15) is 27.6 Å². The topological polar surface area (TPSA) is 92.5 Å². The molecule has 4 rings (SSSR count). The van der Waals surface area contributed by atoms with Crippen molar-refractivity contribution in [2.45, 2.75) is 44.9 Å². The van der Waals surface area contributed by atoms with Crippen LogP contribution in [0.15, 0.2) is 58.6 Å². The Morgan fingerprint density at radius 3 is 2.56 bits per heavy atom. The summed E-state index contributed by atoms with van der Waals surface area (Å²) in [6, 6.07) is 5.72. The fourth-order valence-electron chi connectivity index (χ4n) is 4.29. The number of halogens is 3. The van der Waals surface area contributed by atoms with Crippen molar-refractivity contribution in [1.29, 1.82) is 0 Å². The lowest BCUT2D eigenvalue weighted by Crippen LogP contribution is -2.66. The van der Waals surface area contributed by atoms with E-state index in [1.54, 1.807) is 19.9 Å². The van der Waals surface area contributed by atoms with Gasteiger partial charge in [0.05, 0.1) is 23.9 Å². The van der Waals surface area contributed by atoms with E-state index in [-0.39, 0.29) is 36.4 Å². The molecule has 1 aliphatic carbocycles. The molecule has 0 unspecified atom stereocenters. The Kier molecular flexibility index (Phi) is 4.98. The maximum Gasteiger partial charge on any atom is 0.425 e. The highest BCUT2D eigenvalue weighted by Crippen LogP contribution is 2.52. The van der Waals surface area contributed by atoms with Crippen LogP contribution in [0.4, 0.5) is 13.2 Å². The van der Waals surface area contributed by atoms with Gasteiger partial charge >= 0.3 is 6.18 Å². The number of hydrogen-bond donors (Lipinski definition) is 1. The van der Waals surface area contributed by atoms with Gasteiger partial charge in [0, 0.05) is 24.5 Å². The average Bonchev–Trinajstić information content (AvgIpc) is 3.29. The number of carbonyl (C=O) groups is 3. The number of Topliss-reactive ketones (excluding diaryl/α,β-unsaturated/α-hetero) is 1. The van der Waals surface area contributed by atoms with Crippen LogP contribution in [0.25, 0.3) is 0 Å². The zero-order valence-corrected chi connectivity index (χ0v) is 17.3. The molecule has 1 atom stereocenters. The Bertz CT molecular complexity index is 1110. The Morgan fingerprint density at radius 1 is 1.22 bits per heavy atom. The summed E-state index contributed by atoms with van der Waals surface area (Å²) in [6.45, 7) is 3.19. The number of furan rings is 1. The van der Waals surface area contributed by atoms with E-state index < -0.39 is 40.3 Å². The summed E-state index contributed by atoms with van der Waals surface area (Å²) in [6.07, 6.45) is -1.62. The maximum atomic E-state index is 14.6. The lowest BCUT2D eigenvalue weighted by atomic mass is 9.72. The zero-order valence-electron chi connectivity index (χ0n) is 17.3.